The highest BCUT2D eigenvalue weighted by Gasteiger charge is 2.23. The first-order valence-corrected chi connectivity index (χ1v) is 7.31. The van der Waals surface area contributed by atoms with Gasteiger partial charge in [0.25, 0.3) is 0 Å². The Bertz CT molecular complexity index is 183. The van der Waals surface area contributed by atoms with E-state index in [9.17, 15) is 0 Å². The smallest absolute Gasteiger partial charge is 0.00218 e. The zero-order valence-corrected chi connectivity index (χ0v) is 10.9. The van der Waals surface area contributed by atoms with Crippen LogP contribution in [0.3, 0.4) is 0 Å². The summed E-state index contributed by atoms with van der Waals surface area (Å²) < 4.78 is 0. The van der Waals surface area contributed by atoms with Crippen molar-refractivity contribution in [1.82, 2.24) is 10.2 Å². The van der Waals surface area contributed by atoms with Crippen molar-refractivity contribution in [3.8, 4) is 0 Å². The van der Waals surface area contributed by atoms with Gasteiger partial charge in [-0.15, -0.1) is 0 Å². The van der Waals surface area contributed by atoms with Crippen LogP contribution in [0.2, 0.25) is 0 Å². The summed E-state index contributed by atoms with van der Waals surface area (Å²) in [7, 11) is 0. The zero-order valence-electron chi connectivity index (χ0n) is 10.9. The third kappa shape index (κ3) is 4.42. The average molecular weight is 224 g/mol. The van der Waals surface area contributed by atoms with Gasteiger partial charge in [-0.1, -0.05) is 19.8 Å². The second-order valence-corrected chi connectivity index (χ2v) is 5.75. The van der Waals surface area contributed by atoms with E-state index in [0.717, 1.165) is 11.8 Å². The number of hydrogen-bond acceptors (Lipinski definition) is 2. The summed E-state index contributed by atoms with van der Waals surface area (Å²) in [5.41, 5.74) is 0. The highest BCUT2D eigenvalue weighted by Crippen LogP contribution is 2.32. The van der Waals surface area contributed by atoms with E-state index in [1.807, 2.05) is 0 Å². The summed E-state index contributed by atoms with van der Waals surface area (Å²) in [4.78, 5) is 2.72. The van der Waals surface area contributed by atoms with Gasteiger partial charge in [0.1, 0.15) is 0 Å². The van der Waals surface area contributed by atoms with E-state index in [1.54, 1.807) is 0 Å². The number of rotatable bonds is 7. The maximum atomic E-state index is 3.53. The summed E-state index contributed by atoms with van der Waals surface area (Å²) in [5, 5.41) is 3.53. The van der Waals surface area contributed by atoms with Gasteiger partial charge in [0.15, 0.2) is 0 Å². The van der Waals surface area contributed by atoms with Gasteiger partial charge in [-0.25, -0.2) is 0 Å². The van der Waals surface area contributed by atoms with Crippen molar-refractivity contribution in [3.63, 3.8) is 0 Å². The molecular weight excluding hydrogens is 196 g/mol. The highest BCUT2D eigenvalue weighted by molar-refractivity contribution is 4.77. The van der Waals surface area contributed by atoms with Crippen molar-refractivity contribution in [1.29, 1.82) is 0 Å². The summed E-state index contributed by atoms with van der Waals surface area (Å²) in [5.74, 6) is 2.00. The Morgan fingerprint density at radius 2 is 2.00 bits per heavy atom. The van der Waals surface area contributed by atoms with E-state index < -0.39 is 0 Å². The van der Waals surface area contributed by atoms with Gasteiger partial charge in [-0.2, -0.15) is 0 Å². The van der Waals surface area contributed by atoms with Crippen LogP contribution < -0.4 is 5.32 Å². The summed E-state index contributed by atoms with van der Waals surface area (Å²) in [6.07, 6.45) is 8.60. The predicted molar refractivity (Wildman–Crippen MR) is 69.7 cm³/mol. The van der Waals surface area contributed by atoms with E-state index >= 15 is 0 Å². The van der Waals surface area contributed by atoms with Crippen molar-refractivity contribution >= 4 is 0 Å². The molecule has 1 unspecified atom stereocenters. The molecule has 0 bridgehead atoms. The predicted octanol–water partition coefficient (Wildman–Crippen LogP) is 2.50. The molecule has 1 heterocycles. The molecule has 0 amide bonds. The van der Waals surface area contributed by atoms with Gasteiger partial charge in [0.2, 0.25) is 0 Å². The minimum absolute atomic E-state index is 0.916. The van der Waals surface area contributed by atoms with Crippen molar-refractivity contribution in [2.45, 2.75) is 45.4 Å². The highest BCUT2D eigenvalue weighted by atomic mass is 15.1. The number of nitrogens with zero attached hydrogens (tertiary/aromatic N) is 1. The fraction of sp³-hybridized carbons (Fsp3) is 1.00. The second-order valence-electron chi connectivity index (χ2n) is 5.75. The maximum absolute atomic E-state index is 3.53. The fourth-order valence-electron chi connectivity index (χ4n) is 2.83. The molecule has 2 heteroatoms. The lowest BCUT2D eigenvalue weighted by Crippen LogP contribution is -2.39. The van der Waals surface area contributed by atoms with E-state index in [1.165, 1.54) is 71.2 Å². The van der Waals surface area contributed by atoms with Crippen LogP contribution in [0.5, 0.6) is 0 Å². The van der Waals surface area contributed by atoms with E-state index in [0.29, 0.717) is 0 Å². The largest absolute Gasteiger partial charge is 0.316 e. The third-order valence-corrected chi connectivity index (χ3v) is 4.01. The molecule has 1 atom stereocenters. The Balaban J connectivity index is 1.66. The van der Waals surface area contributed by atoms with Gasteiger partial charge in [0.05, 0.1) is 0 Å². The molecule has 0 aromatic carbocycles. The van der Waals surface area contributed by atoms with Gasteiger partial charge in [-0.05, 0) is 63.7 Å². The Morgan fingerprint density at radius 1 is 1.12 bits per heavy atom. The summed E-state index contributed by atoms with van der Waals surface area (Å²) >= 11 is 0. The Hall–Kier alpha value is -0.0800. The van der Waals surface area contributed by atoms with Crippen LogP contribution in [0.15, 0.2) is 0 Å². The molecule has 2 fully saturated rings. The van der Waals surface area contributed by atoms with Gasteiger partial charge in [0, 0.05) is 6.54 Å². The Kier molecular flexibility index (Phi) is 5.11. The first-order valence-electron chi connectivity index (χ1n) is 7.31. The lowest BCUT2D eigenvalue weighted by atomic mass is 9.99. The first kappa shape index (κ1) is 12.4. The van der Waals surface area contributed by atoms with Crippen LogP contribution in [0.25, 0.3) is 0 Å². The SMILES string of the molecule is CCCN(CCC1CC1)CC1CCCNC1. The molecule has 1 saturated carbocycles. The molecule has 1 aliphatic carbocycles. The average Bonchev–Trinajstić information content (AvgIpc) is 3.11. The van der Waals surface area contributed by atoms with Crippen LogP contribution in [-0.2, 0) is 0 Å². The van der Waals surface area contributed by atoms with E-state index in [4.69, 9.17) is 0 Å². The molecule has 1 N–H and O–H groups in total. The van der Waals surface area contributed by atoms with E-state index in [2.05, 4.69) is 17.1 Å². The molecule has 0 aromatic heterocycles. The molecular formula is C14H28N2. The van der Waals surface area contributed by atoms with Crippen molar-refractivity contribution in [2.24, 2.45) is 11.8 Å². The van der Waals surface area contributed by atoms with Gasteiger partial charge in [-0.3, -0.25) is 0 Å². The van der Waals surface area contributed by atoms with Crippen molar-refractivity contribution in [3.05, 3.63) is 0 Å². The molecule has 0 spiro atoms. The Morgan fingerprint density at radius 3 is 2.62 bits per heavy atom. The molecule has 2 aliphatic rings. The lowest BCUT2D eigenvalue weighted by Gasteiger charge is -2.30. The molecule has 94 valence electrons. The number of nitrogens with one attached hydrogen (secondary N) is 1. The lowest BCUT2D eigenvalue weighted by molar-refractivity contribution is 0.203. The number of piperidine rings is 1. The fourth-order valence-corrected chi connectivity index (χ4v) is 2.83. The van der Waals surface area contributed by atoms with Crippen molar-refractivity contribution < 1.29 is 0 Å². The van der Waals surface area contributed by atoms with E-state index in [-0.39, 0.29) is 0 Å². The molecule has 2 nitrogen and oxygen atoms in total. The van der Waals surface area contributed by atoms with Crippen LogP contribution in [0.4, 0.5) is 0 Å². The molecule has 2 rings (SSSR count). The Labute approximate surface area is 101 Å². The quantitative estimate of drug-likeness (QED) is 0.715. The summed E-state index contributed by atoms with van der Waals surface area (Å²) in [6.45, 7) is 8.81. The second kappa shape index (κ2) is 6.61. The van der Waals surface area contributed by atoms with Crippen LogP contribution in [-0.4, -0.2) is 37.6 Å². The standard InChI is InChI=1S/C14H28N2/c1-2-9-16(10-7-13-5-6-13)12-14-4-3-8-15-11-14/h13-15H,2-12H2,1H3. The van der Waals surface area contributed by atoms with Crippen LogP contribution in [0.1, 0.15) is 45.4 Å². The number of hydrogen-bond donors (Lipinski definition) is 1. The van der Waals surface area contributed by atoms with Crippen molar-refractivity contribution in [2.75, 3.05) is 32.7 Å². The maximum Gasteiger partial charge on any atom is 0.00218 e. The molecule has 1 aliphatic heterocycles. The minimum Gasteiger partial charge on any atom is -0.316 e. The van der Waals surface area contributed by atoms with Crippen LogP contribution in [0, 0.1) is 11.8 Å². The monoisotopic (exact) mass is 224 g/mol. The van der Waals surface area contributed by atoms with Crippen LogP contribution >= 0.6 is 0 Å². The minimum atomic E-state index is 0.916. The first-order chi connectivity index (χ1) is 7.88. The topological polar surface area (TPSA) is 15.3 Å². The molecule has 0 aromatic rings. The molecule has 0 radical (unpaired) electrons. The van der Waals surface area contributed by atoms with Gasteiger partial charge < -0.3 is 10.2 Å². The zero-order chi connectivity index (χ0) is 11.2. The normalized spacial score (nSPS) is 26.2. The molecule has 1 saturated heterocycles. The summed E-state index contributed by atoms with van der Waals surface area (Å²) in [6, 6.07) is 0. The van der Waals surface area contributed by atoms with Gasteiger partial charge >= 0.3 is 0 Å². The molecule has 16 heavy (non-hydrogen) atoms. The third-order valence-electron chi connectivity index (χ3n) is 4.01.